The van der Waals surface area contributed by atoms with E-state index in [0.717, 1.165) is 3.39 Å². The van der Waals surface area contributed by atoms with E-state index in [-0.39, 0.29) is 17.3 Å². The largest absolute Gasteiger partial charge is 0.442 e. The van der Waals surface area contributed by atoms with E-state index in [0.29, 0.717) is 16.7 Å². The highest BCUT2D eigenvalue weighted by molar-refractivity contribution is 9.28. The lowest BCUT2D eigenvalue weighted by Crippen LogP contribution is -2.14. The van der Waals surface area contributed by atoms with Crippen LogP contribution in [0.15, 0.2) is 58.0 Å². The molecule has 0 spiro atoms. The predicted molar refractivity (Wildman–Crippen MR) is 117 cm³/mol. The molecular weight excluding hydrogens is 520 g/mol. The van der Waals surface area contributed by atoms with E-state index in [1.54, 1.807) is 18.2 Å². The molecule has 2 aromatic carbocycles. The fraction of sp³-hybridized carbons (Fsp3) is 0.304. The number of hydrogen-bond donors (Lipinski definition) is 0. The molecule has 0 amide bonds. The van der Waals surface area contributed by atoms with Gasteiger partial charge in [-0.15, -0.1) is 0 Å². The molecule has 4 unspecified atom stereocenters. The highest BCUT2D eigenvalue weighted by Crippen LogP contribution is 2.60. The Labute approximate surface area is 191 Å². The Bertz CT molecular complexity index is 1010. The Morgan fingerprint density at radius 2 is 1.80 bits per heavy atom. The summed E-state index contributed by atoms with van der Waals surface area (Å²) in [5.41, 5.74) is 0.707. The van der Waals surface area contributed by atoms with E-state index in [1.165, 1.54) is 30.3 Å². The van der Waals surface area contributed by atoms with Crippen LogP contribution in [0.1, 0.15) is 42.8 Å². The number of alkyl halides is 1. The lowest BCUT2D eigenvalue weighted by Gasteiger charge is -2.15. The van der Waals surface area contributed by atoms with Gasteiger partial charge >= 0.3 is 5.97 Å². The number of nitrogens with zero attached hydrogens (tertiary/aromatic N) is 1. The van der Waals surface area contributed by atoms with Crippen molar-refractivity contribution in [3.63, 3.8) is 0 Å². The number of hydrogen-bond acceptors (Lipinski definition) is 3. The van der Waals surface area contributed by atoms with Crippen LogP contribution < -0.4 is 0 Å². The molecule has 0 aromatic heterocycles. The van der Waals surface area contributed by atoms with E-state index >= 15 is 0 Å². The number of carbonyl (C=O) groups excluding carboxylic acids is 1. The number of rotatable bonds is 6. The summed E-state index contributed by atoms with van der Waals surface area (Å²) in [6, 6.07) is 13.4. The fourth-order valence-corrected chi connectivity index (χ4v) is 4.21. The molecule has 3 rings (SSSR count). The molecule has 156 valence electrons. The number of ether oxygens (including phenoxy) is 1. The van der Waals surface area contributed by atoms with Crippen molar-refractivity contribution in [3.8, 4) is 6.07 Å². The normalized spacial score (nSPS) is 21.1. The van der Waals surface area contributed by atoms with Gasteiger partial charge in [0.25, 0.3) is 0 Å². The zero-order valence-corrected chi connectivity index (χ0v) is 19.5. The molecule has 30 heavy (non-hydrogen) atoms. The molecule has 2 aromatic rings. The van der Waals surface area contributed by atoms with Gasteiger partial charge in [-0.1, -0.05) is 50.3 Å². The molecule has 1 saturated carbocycles. The Morgan fingerprint density at radius 3 is 2.40 bits per heavy atom. The van der Waals surface area contributed by atoms with Gasteiger partial charge in [-0.05, 0) is 72.5 Å². The summed E-state index contributed by atoms with van der Waals surface area (Å²) in [6.45, 7) is 3.92. The first-order chi connectivity index (χ1) is 14.1. The maximum absolute atomic E-state index is 14.9. The molecular formula is C23H19Br2F2NO2. The van der Waals surface area contributed by atoms with Crippen LogP contribution in [0.25, 0.3) is 0 Å². The lowest BCUT2D eigenvalue weighted by molar-refractivity contribution is -0.149. The van der Waals surface area contributed by atoms with Crippen molar-refractivity contribution in [3.05, 3.63) is 80.5 Å². The second-order valence-electron chi connectivity index (χ2n) is 7.81. The van der Waals surface area contributed by atoms with Gasteiger partial charge in [0.05, 0.1) is 9.31 Å². The van der Waals surface area contributed by atoms with E-state index in [2.05, 4.69) is 31.9 Å². The summed E-state index contributed by atoms with van der Waals surface area (Å²) in [7, 11) is 0. The van der Waals surface area contributed by atoms with Crippen LogP contribution in [-0.2, 0) is 9.53 Å². The molecule has 0 bridgehead atoms. The van der Waals surface area contributed by atoms with Gasteiger partial charge in [0, 0.05) is 5.56 Å². The number of carbonyl (C=O) groups is 1. The minimum absolute atomic E-state index is 0.0156. The van der Waals surface area contributed by atoms with Crippen LogP contribution in [0, 0.1) is 34.4 Å². The highest BCUT2D eigenvalue weighted by atomic mass is 79.9. The summed E-state index contributed by atoms with van der Waals surface area (Å²) in [5.74, 6) is -1.29. The van der Waals surface area contributed by atoms with E-state index in [1.807, 2.05) is 26.0 Å². The molecule has 0 N–H and O–H groups in total. The molecule has 0 heterocycles. The maximum atomic E-state index is 14.9. The van der Waals surface area contributed by atoms with Crippen LogP contribution in [0.2, 0.25) is 0 Å². The standard InChI is InChI=1S/C23H19Br2F2NO2/c1-23(2)17(11-19(24)25)20(23)22(29)30-18(12-28)14-4-3-5-15(10-14)21(27)13-6-8-16(26)9-7-13/h3-11,17-18,20-21H,1-2H3. The third-order valence-corrected chi connectivity index (χ3v) is 6.02. The maximum Gasteiger partial charge on any atom is 0.311 e. The van der Waals surface area contributed by atoms with E-state index in [9.17, 15) is 18.8 Å². The molecule has 1 fully saturated rings. The van der Waals surface area contributed by atoms with Crippen LogP contribution in [0.3, 0.4) is 0 Å². The summed E-state index contributed by atoms with van der Waals surface area (Å²) < 4.78 is 34.2. The average Bonchev–Trinajstić information content (AvgIpc) is 3.25. The smallest absolute Gasteiger partial charge is 0.311 e. The quantitative estimate of drug-likeness (QED) is 0.376. The second kappa shape index (κ2) is 8.99. The van der Waals surface area contributed by atoms with Crippen molar-refractivity contribution >= 4 is 37.8 Å². The lowest BCUT2D eigenvalue weighted by atomic mass is 9.99. The number of esters is 1. The second-order valence-corrected chi connectivity index (χ2v) is 10.6. The number of allylic oxidation sites excluding steroid dienone is 1. The summed E-state index contributed by atoms with van der Waals surface area (Å²) in [6.07, 6.45) is -0.746. The fourth-order valence-electron chi connectivity index (χ4n) is 3.64. The Kier molecular flexibility index (Phi) is 6.78. The van der Waals surface area contributed by atoms with Gasteiger partial charge in [-0.2, -0.15) is 5.26 Å². The van der Waals surface area contributed by atoms with E-state index < -0.39 is 24.1 Å². The minimum Gasteiger partial charge on any atom is -0.442 e. The van der Waals surface area contributed by atoms with Crippen molar-refractivity contribution in [1.29, 1.82) is 5.26 Å². The van der Waals surface area contributed by atoms with Crippen LogP contribution in [0.5, 0.6) is 0 Å². The van der Waals surface area contributed by atoms with Crippen molar-refractivity contribution in [2.24, 2.45) is 17.3 Å². The first kappa shape index (κ1) is 22.6. The van der Waals surface area contributed by atoms with Crippen LogP contribution >= 0.6 is 31.9 Å². The molecule has 1 aliphatic rings. The van der Waals surface area contributed by atoms with Gasteiger partial charge in [-0.25, -0.2) is 8.78 Å². The third-order valence-electron chi connectivity index (χ3n) is 5.49. The number of halogens is 4. The van der Waals surface area contributed by atoms with Crippen molar-refractivity contribution < 1.29 is 18.3 Å². The van der Waals surface area contributed by atoms with Crippen LogP contribution in [-0.4, -0.2) is 5.97 Å². The summed E-state index contributed by atoms with van der Waals surface area (Å²) in [4.78, 5) is 12.7. The van der Waals surface area contributed by atoms with E-state index in [4.69, 9.17) is 4.74 Å². The Hall–Kier alpha value is -2.04. The predicted octanol–water partition coefficient (Wildman–Crippen LogP) is 6.90. The van der Waals surface area contributed by atoms with Gasteiger partial charge in [0.1, 0.15) is 11.9 Å². The molecule has 0 aliphatic heterocycles. The Morgan fingerprint density at radius 1 is 1.17 bits per heavy atom. The van der Waals surface area contributed by atoms with Crippen molar-refractivity contribution in [2.75, 3.05) is 0 Å². The van der Waals surface area contributed by atoms with Gasteiger partial charge in [-0.3, -0.25) is 4.79 Å². The zero-order valence-electron chi connectivity index (χ0n) is 16.3. The van der Waals surface area contributed by atoms with Gasteiger partial charge in [0.15, 0.2) is 6.17 Å². The first-order valence-corrected chi connectivity index (χ1v) is 10.9. The van der Waals surface area contributed by atoms with Gasteiger partial charge in [0.2, 0.25) is 6.10 Å². The molecule has 4 atom stereocenters. The SMILES string of the molecule is CC1(C)C(C=C(Br)Br)C1C(=O)OC(C#N)c1cccc(C(F)c2ccc(F)cc2)c1. The zero-order chi connectivity index (χ0) is 22.1. The first-order valence-electron chi connectivity index (χ1n) is 9.27. The molecule has 0 radical (unpaired) electrons. The summed E-state index contributed by atoms with van der Waals surface area (Å²) >= 11 is 6.61. The van der Waals surface area contributed by atoms with Crippen molar-refractivity contribution in [1.82, 2.24) is 0 Å². The molecule has 1 aliphatic carbocycles. The monoisotopic (exact) mass is 537 g/mol. The average molecular weight is 539 g/mol. The van der Waals surface area contributed by atoms with Crippen LogP contribution in [0.4, 0.5) is 8.78 Å². The van der Waals surface area contributed by atoms with Gasteiger partial charge < -0.3 is 4.74 Å². The van der Waals surface area contributed by atoms with Crippen molar-refractivity contribution in [2.45, 2.75) is 26.1 Å². The molecule has 0 saturated heterocycles. The third kappa shape index (κ3) is 4.81. The number of nitriles is 1. The molecule has 7 heteroatoms. The minimum atomic E-state index is -1.49. The Balaban J connectivity index is 1.77. The molecule has 3 nitrogen and oxygen atoms in total. The summed E-state index contributed by atoms with van der Waals surface area (Å²) in [5, 5.41) is 9.56. The highest BCUT2D eigenvalue weighted by Gasteiger charge is 2.61. The number of benzene rings is 2. The topological polar surface area (TPSA) is 50.1 Å².